The number of hydrogen-bond acceptors (Lipinski definition) is 3. The molecule has 0 radical (unpaired) electrons. The summed E-state index contributed by atoms with van der Waals surface area (Å²) in [7, 11) is 0. The highest BCUT2D eigenvalue weighted by atomic mass is 35.5. The first-order chi connectivity index (χ1) is 14.7. The van der Waals surface area contributed by atoms with Crippen LogP contribution in [0.3, 0.4) is 0 Å². The van der Waals surface area contributed by atoms with Crippen molar-refractivity contribution in [3.05, 3.63) is 82.9 Å². The summed E-state index contributed by atoms with van der Waals surface area (Å²) >= 11 is 5.57. The molecule has 158 valence electrons. The third kappa shape index (κ3) is 6.14. The predicted octanol–water partition coefficient (Wildman–Crippen LogP) is 6.86. The molecule has 0 heterocycles. The molecule has 0 fully saturated rings. The van der Waals surface area contributed by atoms with E-state index in [1.54, 1.807) is 48.5 Å². The lowest BCUT2D eigenvalue weighted by molar-refractivity contribution is -0.137. The van der Waals surface area contributed by atoms with E-state index in [-0.39, 0.29) is 5.69 Å². The molecular weight excluding hydrogens is 431 g/mol. The molecule has 0 aliphatic heterocycles. The van der Waals surface area contributed by atoms with Gasteiger partial charge in [0.25, 0.3) is 0 Å². The Kier molecular flexibility index (Phi) is 6.68. The second-order valence-corrected chi connectivity index (χ2v) is 6.78. The Labute approximate surface area is 181 Å². The number of alkyl halides is 3. The molecule has 0 atom stereocenters. The number of benzene rings is 3. The SMILES string of the molecule is N#CCc1ccc(Oc2ccc(NC(=O)Nc3ccc(Cl)c(C(F)(F)F)c3)cc2)cc1. The van der Waals surface area contributed by atoms with E-state index >= 15 is 0 Å². The Bertz CT molecular complexity index is 1110. The molecule has 0 aliphatic carbocycles. The van der Waals surface area contributed by atoms with Crippen molar-refractivity contribution in [2.45, 2.75) is 12.6 Å². The van der Waals surface area contributed by atoms with Crippen molar-refractivity contribution in [3.8, 4) is 17.6 Å². The largest absolute Gasteiger partial charge is 0.457 e. The number of nitrogens with zero attached hydrogens (tertiary/aromatic N) is 1. The third-order valence-electron chi connectivity index (χ3n) is 4.08. The molecular formula is C22H15ClF3N3O2. The van der Waals surface area contributed by atoms with Crippen LogP contribution in [0.15, 0.2) is 66.7 Å². The van der Waals surface area contributed by atoms with Crippen molar-refractivity contribution in [2.24, 2.45) is 0 Å². The number of ether oxygens (including phenoxy) is 1. The van der Waals surface area contributed by atoms with Gasteiger partial charge in [0.05, 0.1) is 23.1 Å². The van der Waals surface area contributed by atoms with Crippen LogP contribution >= 0.6 is 11.6 Å². The number of nitriles is 1. The lowest BCUT2D eigenvalue weighted by Crippen LogP contribution is -2.19. The van der Waals surface area contributed by atoms with Crippen molar-refractivity contribution in [3.63, 3.8) is 0 Å². The highest BCUT2D eigenvalue weighted by Crippen LogP contribution is 2.36. The van der Waals surface area contributed by atoms with Crippen molar-refractivity contribution in [2.75, 3.05) is 10.6 Å². The van der Waals surface area contributed by atoms with E-state index in [0.717, 1.165) is 17.7 Å². The van der Waals surface area contributed by atoms with Crippen molar-refractivity contribution in [1.29, 1.82) is 5.26 Å². The zero-order valence-corrected chi connectivity index (χ0v) is 16.6. The molecule has 3 aromatic carbocycles. The summed E-state index contributed by atoms with van der Waals surface area (Å²) in [5, 5.41) is 13.1. The van der Waals surface area contributed by atoms with Crippen molar-refractivity contribution >= 4 is 29.0 Å². The van der Waals surface area contributed by atoms with E-state index < -0.39 is 22.8 Å². The summed E-state index contributed by atoms with van der Waals surface area (Å²) in [6, 6.07) is 18.0. The first kappa shape index (κ1) is 22.0. The molecule has 0 saturated heterocycles. The van der Waals surface area contributed by atoms with Crippen LogP contribution in [0, 0.1) is 11.3 Å². The van der Waals surface area contributed by atoms with E-state index in [9.17, 15) is 18.0 Å². The van der Waals surface area contributed by atoms with Gasteiger partial charge in [0, 0.05) is 11.4 Å². The number of hydrogen-bond donors (Lipinski definition) is 2. The number of halogens is 4. The average molecular weight is 446 g/mol. The van der Waals surface area contributed by atoms with Gasteiger partial charge < -0.3 is 15.4 Å². The Balaban J connectivity index is 1.59. The fourth-order valence-electron chi connectivity index (χ4n) is 2.62. The van der Waals surface area contributed by atoms with Crippen LogP contribution in [-0.2, 0) is 12.6 Å². The summed E-state index contributed by atoms with van der Waals surface area (Å²) in [6.45, 7) is 0. The molecule has 0 aromatic heterocycles. The minimum atomic E-state index is -4.63. The smallest absolute Gasteiger partial charge is 0.417 e. The Morgan fingerprint density at radius 2 is 1.48 bits per heavy atom. The van der Waals surface area contributed by atoms with Crippen molar-refractivity contribution < 1.29 is 22.7 Å². The van der Waals surface area contributed by atoms with Crippen LogP contribution in [0.2, 0.25) is 5.02 Å². The van der Waals surface area contributed by atoms with Gasteiger partial charge in [0.1, 0.15) is 11.5 Å². The topological polar surface area (TPSA) is 74.1 Å². The molecule has 5 nitrogen and oxygen atoms in total. The normalized spacial score (nSPS) is 10.8. The van der Waals surface area contributed by atoms with E-state index in [4.69, 9.17) is 21.6 Å². The van der Waals surface area contributed by atoms with Gasteiger partial charge in [-0.15, -0.1) is 0 Å². The molecule has 0 aliphatic rings. The highest BCUT2D eigenvalue weighted by molar-refractivity contribution is 6.31. The van der Waals surface area contributed by atoms with Gasteiger partial charge in [-0.05, 0) is 60.2 Å². The third-order valence-corrected chi connectivity index (χ3v) is 4.41. The minimum absolute atomic E-state index is 0.0472. The minimum Gasteiger partial charge on any atom is -0.457 e. The summed E-state index contributed by atoms with van der Waals surface area (Å²) in [5.74, 6) is 1.11. The zero-order valence-electron chi connectivity index (χ0n) is 15.8. The van der Waals surface area contributed by atoms with Gasteiger partial charge in [0.15, 0.2) is 0 Å². The number of carbonyl (C=O) groups is 1. The van der Waals surface area contributed by atoms with Gasteiger partial charge in [-0.2, -0.15) is 18.4 Å². The Hall–Kier alpha value is -3.70. The maximum absolute atomic E-state index is 12.9. The number of anilines is 2. The summed E-state index contributed by atoms with van der Waals surface area (Å²) in [4.78, 5) is 12.1. The highest BCUT2D eigenvalue weighted by Gasteiger charge is 2.33. The van der Waals surface area contributed by atoms with Crippen LogP contribution in [0.25, 0.3) is 0 Å². The lowest BCUT2D eigenvalue weighted by atomic mass is 10.2. The maximum atomic E-state index is 12.9. The second-order valence-electron chi connectivity index (χ2n) is 6.38. The number of nitrogens with one attached hydrogen (secondary N) is 2. The number of amides is 2. The molecule has 31 heavy (non-hydrogen) atoms. The fourth-order valence-corrected chi connectivity index (χ4v) is 2.85. The van der Waals surface area contributed by atoms with E-state index in [1.807, 2.05) is 0 Å². The van der Waals surface area contributed by atoms with Crippen LogP contribution in [-0.4, -0.2) is 6.03 Å². The molecule has 0 unspecified atom stereocenters. The van der Waals surface area contributed by atoms with Gasteiger partial charge in [0.2, 0.25) is 0 Å². The number of urea groups is 1. The van der Waals surface area contributed by atoms with Gasteiger partial charge in [-0.1, -0.05) is 23.7 Å². The quantitative estimate of drug-likeness (QED) is 0.450. The number of rotatable bonds is 5. The van der Waals surface area contributed by atoms with Crippen LogP contribution in [0.5, 0.6) is 11.5 Å². The maximum Gasteiger partial charge on any atom is 0.417 e. The van der Waals surface area contributed by atoms with Gasteiger partial charge in [-0.3, -0.25) is 0 Å². The molecule has 3 aromatic rings. The van der Waals surface area contributed by atoms with Crippen molar-refractivity contribution in [1.82, 2.24) is 0 Å². The summed E-state index contributed by atoms with van der Waals surface area (Å²) < 4.78 is 44.5. The first-order valence-corrected chi connectivity index (χ1v) is 9.31. The molecule has 2 amide bonds. The standard InChI is InChI=1S/C22H15ClF3N3O2/c23-20-10-5-16(13-19(20)22(24,25)26)29-21(30)28-15-3-8-18(9-4-15)31-17-6-1-14(2-7-17)11-12-27/h1-10,13H,11H2,(H2,28,29,30). The Morgan fingerprint density at radius 1 is 0.935 bits per heavy atom. The van der Waals surface area contributed by atoms with E-state index in [0.29, 0.717) is 23.6 Å². The fraction of sp³-hybridized carbons (Fsp3) is 0.0909. The molecule has 2 N–H and O–H groups in total. The van der Waals surface area contributed by atoms with Gasteiger partial charge >= 0.3 is 12.2 Å². The second kappa shape index (κ2) is 9.41. The van der Waals surface area contributed by atoms with E-state index in [1.165, 1.54) is 6.07 Å². The van der Waals surface area contributed by atoms with Crippen LogP contribution in [0.4, 0.5) is 29.3 Å². The Morgan fingerprint density at radius 3 is 2.06 bits per heavy atom. The predicted molar refractivity (Wildman–Crippen MR) is 111 cm³/mol. The van der Waals surface area contributed by atoms with E-state index in [2.05, 4.69) is 16.7 Å². The van der Waals surface area contributed by atoms with Gasteiger partial charge in [-0.25, -0.2) is 4.79 Å². The number of carbonyl (C=O) groups excluding carboxylic acids is 1. The summed E-state index contributed by atoms with van der Waals surface area (Å²) in [5.41, 5.74) is 0.214. The average Bonchev–Trinajstić information content (AvgIpc) is 2.72. The monoisotopic (exact) mass is 445 g/mol. The molecule has 0 saturated carbocycles. The zero-order chi connectivity index (χ0) is 22.4. The molecule has 0 bridgehead atoms. The molecule has 0 spiro atoms. The van der Waals surface area contributed by atoms with Crippen LogP contribution in [0.1, 0.15) is 11.1 Å². The lowest BCUT2D eigenvalue weighted by Gasteiger charge is -2.12. The molecule has 9 heteroatoms. The summed E-state index contributed by atoms with van der Waals surface area (Å²) in [6.07, 6.45) is -4.31. The van der Waals surface area contributed by atoms with Crippen LogP contribution < -0.4 is 15.4 Å². The first-order valence-electron chi connectivity index (χ1n) is 8.93. The molecule has 3 rings (SSSR count).